The standard InChI is InChI=1S/C14H10ClF3N2O3.C2H7O2P/c1-19-11-7-9(3-4-12(11)20(21)22)23-13-5-2-8(6-10(13)15)14(16,17)18;1-2-5(3)4/h2-7,19H,1H3;3-4H,2H2,1H3. The predicted octanol–water partition coefficient (Wildman–Crippen LogP) is 5.40. The lowest BCUT2D eigenvalue weighted by Gasteiger charge is -2.12. The Balaban J connectivity index is 0.000000696. The minimum absolute atomic E-state index is 0.00979. The van der Waals surface area contributed by atoms with Gasteiger partial charge < -0.3 is 19.8 Å². The molecule has 0 saturated carbocycles. The minimum atomic E-state index is -4.51. The Morgan fingerprint density at radius 1 is 1.25 bits per heavy atom. The van der Waals surface area contributed by atoms with Gasteiger partial charge in [-0.05, 0) is 24.3 Å². The van der Waals surface area contributed by atoms with Crippen molar-refractivity contribution in [1.82, 2.24) is 0 Å². The Hall–Kier alpha value is -2.13. The van der Waals surface area contributed by atoms with Crippen molar-refractivity contribution in [3.8, 4) is 11.5 Å². The highest BCUT2D eigenvalue weighted by atomic mass is 35.5. The zero-order valence-electron chi connectivity index (χ0n) is 14.7. The molecule has 2 aromatic rings. The zero-order valence-corrected chi connectivity index (χ0v) is 16.3. The van der Waals surface area contributed by atoms with Gasteiger partial charge in [0.15, 0.2) is 8.38 Å². The fourth-order valence-electron chi connectivity index (χ4n) is 1.82. The molecule has 0 spiro atoms. The molecule has 0 unspecified atom stereocenters. The van der Waals surface area contributed by atoms with E-state index in [2.05, 4.69) is 5.32 Å². The SMILES string of the molecule is CCP(O)O.CNc1cc(Oc2ccc(C(F)(F)F)cc2Cl)ccc1[N+](=O)[O-]. The summed E-state index contributed by atoms with van der Waals surface area (Å²) < 4.78 is 43.1. The highest BCUT2D eigenvalue weighted by molar-refractivity contribution is 7.45. The number of benzene rings is 2. The smallest absolute Gasteiger partial charge is 0.416 e. The molecule has 0 saturated heterocycles. The van der Waals surface area contributed by atoms with Crippen LogP contribution in [0, 0.1) is 10.1 Å². The second kappa shape index (κ2) is 10.4. The van der Waals surface area contributed by atoms with Crippen LogP contribution in [-0.4, -0.2) is 27.9 Å². The highest BCUT2D eigenvalue weighted by Gasteiger charge is 2.31. The molecule has 0 atom stereocenters. The number of hydrogen-bond acceptors (Lipinski definition) is 6. The molecule has 0 aliphatic heterocycles. The van der Waals surface area contributed by atoms with Crippen molar-refractivity contribution in [2.75, 3.05) is 18.5 Å². The molecular weight excluding hydrogens is 424 g/mol. The molecule has 2 rings (SSSR count). The summed E-state index contributed by atoms with van der Waals surface area (Å²) in [7, 11) is -0.101. The van der Waals surface area contributed by atoms with Gasteiger partial charge in [0.1, 0.15) is 17.2 Å². The molecule has 0 fully saturated rings. The van der Waals surface area contributed by atoms with Gasteiger partial charge in [0.2, 0.25) is 0 Å². The summed E-state index contributed by atoms with van der Waals surface area (Å²) in [5, 5.41) is 13.3. The van der Waals surface area contributed by atoms with E-state index < -0.39 is 25.0 Å². The number of nitrogens with one attached hydrogen (secondary N) is 1. The molecule has 7 nitrogen and oxygen atoms in total. The molecule has 0 heterocycles. The molecule has 0 aliphatic carbocycles. The van der Waals surface area contributed by atoms with E-state index in [4.69, 9.17) is 26.1 Å². The number of anilines is 1. The van der Waals surface area contributed by atoms with Crippen molar-refractivity contribution in [3.05, 3.63) is 57.1 Å². The molecular formula is C16H17ClF3N2O5P. The summed E-state index contributed by atoms with van der Waals surface area (Å²) in [4.78, 5) is 26.2. The summed E-state index contributed by atoms with van der Waals surface area (Å²) in [6.07, 6.45) is -4.02. The van der Waals surface area contributed by atoms with Crippen LogP contribution in [0.1, 0.15) is 12.5 Å². The lowest BCUT2D eigenvalue weighted by Crippen LogP contribution is -2.04. The number of nitro groups is 1. The first-order valence-corrected chi connectivity index (χ1v) is 9.46. The molecule has 0 aliphatic rings. The van der Waals surface area contributed by atoms with Gasteiger partial charge in [-0.1, -0.05) is 18.5 Å². The Morgan fingerprint density at radius 3 is 2.29 bits per heavy atom. The number of rotatable bonds is 5. The van der Waals surface area contributed by atoms with Gasteiger partial charge in [-0.25, -0.2) is 0 Å². The van der Waals surface area contributed by atoms with Gasteiger partial charge in [-0.15, -0.1) is 0 Å². The van der Waals surface area contributed by atoms with Crippen molar-refractivity contribution in [3.63, 3.8) is 0 Å². The van der Waals surface area contributed by atoms with Crippen LogP contribution >= 0.6 is 20.0 Å². The summed E-state index contributed by atoms with van der Waals surface area (Å²) in [6, 6.07) is 6.58. The monoisotopic (exact) mass is 440 g/mol. The van der Waals surface area contributed by atoms with Crippen LogP contribution in [0.5, 0.6) is 11.5 Å². The van der Waals surface area contributed by atoms with Crippen LogP contribution in [-0.2, 0) is 6.18 Å². The van der Waals surface area contributed by atoms with Crippen LogP contribution < -0.4 is 10.1 Å². The second-order valence-electron chi connectivity index (χ2n) is 5.12. The number of halogens is 4. The van der Waals surface area contributed by atoms with E-state index in [1.165, 1.54) is 25.2 Å². The van der Waals surface area contributed by atoms with E-state index in [0.29, 0.717) is 6.16 Å². The molecule has 12 heteroatoms. The van der Waals surface area contributed by atoms with Crippen molar-refractivity contribution in [1.29, 1.82) is 0 Å². The largest absolute Gasteiger partial charge is 0.456 e. The lowest BCUT2D eigenvalue weighted by atomic mass is 10.2. The summed E-state index contributed by atoms with van der Waals surface area (Å²) in [5.74, 6) is 0.206. The minimum Gasteiger partial charge on any atom is -0.456 e. The third-order valence-corrected chi connectivity index (χ3v) is 4.06. The van der Waals surface area contributed by atoms with Crippen LogP contribution in [0.3, 0.4) is 0 Å². The van der Waals surface area contributed by atoms with Gasteiger partial charge in [-0.2, -0.15) is 13.2 Å². The molecule has 28 heavy (non-hydrogen) atoms. The molecule has 0 aromatic heterocycles. The molecule has 3 N–H and O–H groups in total. The maximum Gasteiger partial charge on any atom is 0.416 e. The number of nitro benzene ring substituents is 1. The van der Waals surface area contributed by atoms with Crippen LogP contribution in [0.25, 0.3) is 0 Å². The average molecular weight is 441 g/mol. The predicted molar refractivity (Wildman–Crippen MR) is 101 cm³/mol. The average Bonchev–Trinajstić information content (AvgIpc) is 2.62. The van der Waals surface area contributed by atoms with Crippen LogP contribution in [0.15, 0.2) is 36.4 Å². The third kappa shape index (κ3) is 7.12. The van der Waals surface area contributed by atoms with E-state index >= 15 is 0 Å². The van der Waals surface area contributed by atoms with E-state index in [9.17, 15) is 23.3 Å². The molecule has 0 bridgehead atoms. The van der Waals surface area contributed by atoms with E-state index in [1.54, 1.807) is 6.92 Å². The number of hydrogen-bond donors (Lipinski definition) is 3. The first kappa shape index (κ1) is 23.9. The van der Waals surface area contributed by atoms with Gasteiger partial charge >= 0.3 is 6.18 Å². The molecule has 0 radical (unpaired) electrons. The van der Waals surface area contributed by atoms with E-state index in [0.717, 1.165) is 18.2 Å². The van der Waals surface area contributed by atoms with Crippen molar-refractivity contribution in [2.24, 2.45) is 0 Å². The molecule has 0 amide bonds. The second-order valence-corrected chi connectivity index (χ2v) is 6.90. The van der Waals surface area contributed by atoms with E-state index in [-0.39, 0.29) is 27.9 Å². The van der Waals surface area contributed by atoms with Crippen molar-refractivity contribution >= 4 is 31.4 Å². The third-order valence-electron chi connectivity index (χ3n) is 3.20. The van der Waals surface area contributed by atoms with Crippen LogP contribution in [0.2, 0.25) is 5.02 Å². The molecule has 2 aromatic carbocycles. The van der Waals surface area contributed by atoms with Gasteiger partial charge in [0, 0.05) is 25.3 Å². The normalized spacial score (nSPS) is 10.9. The number of alkyl halides is 3. The number of nitrogens with zero attached hydrogens (tertiary/aromatic N) is 1. The zero-order chi connectivity index (χ0) is 21.5. The maximum absolute atomic E-state index is 12.6. The van der Waals surface area contributed by atoms with Crippen molar-refractivity contribution < 1.29 is 32.6 Å². The summed E-state index contributed by atoms with van der Waals surface area (Å²) in [5.41, 5.74) is -0.844. The highest BCUT2D eigenvalue weighted by Crippen LogP contribution is 2.37. The fourth-order valence-corrected chi connectivity index (χ4v) is 2.04. The lowest BCUT2D eigenvalue weighted by molar-refractivity contribution is -0.384. The fraction of sp³-hybridized carbons (Fsp3) is 0.250. The Kier molecular flexibility index (Phi) is 8.90. The summed E-state index contributed by atoms with van der Waals surface area (Å²) in [6.45, 7) is 1.73. The first-order chi connectivity index (χ1) is 13.0. The number of ether oxygens (including phenoxy) is 1. The Bertz CT molecular complexity index is 821. The van der Waals surface area contributed by atoms with Crippen LogP contribution in [0.4, 0.5) is 24.5 Å². The quantitative estimate of drug-likeness (QED) is 0.326. The Labute approximate surface area is 164 Å². The Morgan fingerprint density at radius 2 is 1.86 bits per heavy atom. The van der Waals surface area contributed by atoms with E-state index in [1.807, 2.05) is 0 Å². The van der Waals surface area contributed by atoms with Gasteiger partial charge in [0.05, 0.1) is 15.5 Å². The topological polar surface area (TPSA) is 105 Å². The molecule has 154 valence electrons. The summed E-state index contributed by atoms with van der Waals surface area (Å²) >= 11 is 5.79. The van der Waals surface area contributed by atoms with Crippen molar-refractivity contribution in [2.45, 2.75) is 13.1 Å². The maximum atomic E-state index is 12.6. The first-order valence-electron chi connectivity index (χ1n) is 7.65. The van der Waals surface area contributed by atoms with Gasteiger partial charge in [-0.3, -0.25) is 10.1 Å². The van der Waals surface area contributed by atoms with Gasteiger partial charge in [0.25, 0.3) is 5.69 Å².